The number of halogens is 4. The van der Waals surface area contributed by atoms with Gasteiger partial charge in [0.15, 0.2) is 0 Å². The molecule has 0 aliphatic heterocycles. The Morgan fingerprint density at radius 1 is 1.43 bits per heavy atom. The van der Waals surface area contributed by atoms with Gasteiger partial charge in [-0.1, -0.05) is 30.7 Å². The van der Waals surface area contributed by atoms with Gasteiger partial charge in [-0.2, -0.15) is 13.2 Å². The summed E-state index contributed by atoms with van der Waals surface area (Å²) in [7, 11) is -4.05. The normalized spacial score (nSPS) is 13.8. The van der Waals surface area contributed by atoms with Gasteiger partial charge in [-0.25, -0.2) is 8.42 Å². The summed E-state index contributed by atoms with van der Waals surface area (Å²) >= 11 is 10.2. The van der Waals surface area contributed by atoms with E-state index in [1.807, 2.05) is 4.72 Å². The lowest BCUT2D eigenvalue weighted by Crippen LogP contribution is -2.37. The Morgan fingerprint density at radius 2 is 2.00 bits per heavy atom. The first-order valence-electron chi connectivity index (χ1n) is 5.66. The Labute approximate surface area is 130 Å². The van der Waals surface area contributed by atoms with Crippen molar-refractivity contribution < 1.29 is 21.6 Å². The Kier molecular flexibility index (Phi) is 5.46. The molecule has 1 aromatic carbocycles. The van der Waals surface area contributed by atoms with Crippen LogP contribution in [0.2, 0.25) is 5.02 Å². The van der Waals surface area contributed by atoms with Crippen LogP contribution in [0.15, 0.2) is 18.2 Å². The number of anilines is 1. The molecule has 1 unspecified atom stereocenters. The molecule has 3 N–H and O–H groups in total. The predicted molar refractivity (Wildman–Crippen MR) is 79.9 cm³/mol. The molecule has 1 aromatic rings. The molecule has 4 nitrogen and oxygen atoms in total. The summed E-state index contributed by atoms with van der Waals surface area (Å²) in [5.41, 5.74) is 3.96. The van der Waals surface area contributed by atoms with E-state index in [1.165, 1.54) is 0 Å². The van der Waals surface area contributed by atoms with E-state index < -0.39 is 27.0 Å². The Bertz CT molecular complexity index is 647. The highest BCUT2D eigenvalue weighted by molar-refractivity contribution is 7.95. The molecular weight excluding hydrogens is 349 g/mol. The molecule has 0 aliphatic carbocycles. The molecule has 0 amide bonds. The monoisotopic (exact) mass is 360 g/mol. The van der Waals surface area contributed by atoms with Crippen molar-refractivity contribution in [3.63, 3.8) is 0 Å². The lowest BCUT2D eigenvalue weighted by atomic mass is 10.2. The van der Waals surface area contributed by atoms with E-state index in [2.05, 4.69) is 12.2 Å². The van der Waals surface area contributed by atoms with Crippen LogP contribution in [0.4, 0.5) is 18.9 Å². The minimum Gasteiger partial charge on any atom is -0.392 e. The third kappa shape index (κ3) is 4.72. The standard InChI is InChI=1S/C11H12ClF3N2O2S2/c1-2-9(10(16)20)21(18,19)17-8-4-6(11(13,14)15)3-7(12)5-8/h3-5,9,17H,2H2,1H3,(H2,16,20). The Balaban J connectivity index is 3.19. The van der Waals surface area contributed by atoms with Crippen LogP contribution in [-0.2, 0) is 16.2 Å². The smallest absolute Gasteiger partial charge is 0.392 e. The summed E-state index contributed by atoms with van der Waals surface area (Å²) in [6.45, 7) is 1.54. The van der Waals surface area contributed by atoms with Crippen LogP contribution >= 0.6 is 23.8 Å². The Hall–Kier alpha value is -1.06. The highest BCUT2D eigenvalue weighted by Crippen LogP contribution is 2.33. The number of nitrogens with two attached hydrogens (primary N) is 1. The van der Waals surface area contributed by atoms with Gasteiger partial charge in [0.1, 0.15) is 5.25 Å². The second kappa shape index (κ2) is 6.37. The molecule has 1 rings (SSSR count). The number of rotatable bonds is 5. The van der Waals surface area contributed by atoms with E-state index in [9.17, 15) is 21.6 Å². The Morgan fingerprint density at radius 3 is 2.43 bits per heavy atom. The summed E-state index contributed by atoms with van der Waals surface area (Å²) in [5.74, 6) is 0. The zero-order valence-corrected chi connectivity index (χ0v) is 13.1. The van der Waals surface area contributed by atoms with Crippen LogP contribution in [0.3, 0.4) is 0 Å². The summed E-state index contributed by atoms with van der Waals surface area (Å²) in [6.07, 6.45) is -4.55. The molecule has 118 valence electrons. The zero-order valence-electron chi connectivity index (χ0n) is 10.7. The van der Waals surface area contributed by atoms with Crippen molar-refractivity contribution in [1.29, 1.82) is 0 Å². The fraction of sp³-hybridized carbons (Fsp3) is 0.364. The first-order chi connectivity index (χ1) is 9.47. The highest BCUT2D eigenvalue weighted by atomic mass is 35.5. The van der Waals surface area contributed by atoms with Crippen LogP contribution in [0.5, 0.6) is 0 Å². The molecule has 0 aliphatic rings. The molecule has 0 fully saturated rings. The molecule has 0 heterocycles. The number of hydrogen-bond donors (Lipinski definition) is 2. The van der Waals surface area contributed by atoms with Crippen molar-refractivity contribution >= 4 is 44.5 Å². The number of benzene rings is 1. The van der Waals surface area contributed by atoms with Crippen molar-refractivity contribution in [3.8, 4) is 0 Å². The predicted octanol–water partition coefficient (Wildman–Crippen LogP) is 3.17. The van der Waals surface area contributed by atoms with Crippen LogP contribution in [0.25, 0.3) is 0 Å². The first kappa shape index (κ1) is 18.0. The van der Waals surface area contributed by atoms with Gasteiger partial charge in [-0.15, -0.1) is 0 Å². The molecule has 0 aromatic heterocycles. The molecule has 0 radical (unpaired) electrons. The largest absolute Gasteiger partial charge is 0.416 e. The number of nitrogens with one attached hydrogen (secondary N) is 1. The molecular formula is C11H12ClF3N2O2S2. The number of hydrogen-bond acceptors (Lipinski definition) is 3. The maximum absolute atomic E-state index is 12.7. The third-order valence-corrected chi connectivity index (χ3v) is 5.06. The topological polar surface area (TPSA) is 72.2 Å². The van der Waals surface area contributed by atoms with E-state index >= 15 is 0 Å². The van der Waals surface area contributed by atoms with Crippen molar-refractivity contribution in [3.05, 3.63) is 28.8 Å². The number of alkyl halides is 3. The van der Waals surface area contributed by atoms with Gasteiger partial charge in [-0.05, 0) is 24.6 Å². The van der Waals surface area contributed by atoms with Gasteiger partial charge in [-0.3, -0.25) is 4.72 Å². The quantitative estimate of drug-likeness (QED) is 0.791. The average Bonchev–Trinajstić information content (AvgIpc) is 2.25. The van der Waals surface area contributed by atoms with Crippen LogP contribution in [0.1, 0.15) is 18.9 Å². The lowest BCUT2D eigenvalue weighted by molar-refractivity contribution is -0.137. The highest BCUT2D eigenvalue weighted by Gasteiger charge is 2.32. The summed E-state index contributed by atoms with van der Waals surface area (Å²) in [4.78, 5) is -0.261. The minimum atomic E-state index is -4.64. The minimum absolute atomic E-state index is 0.0946. The van der Waals surface area contributed by atoms with Crippen LogP contribution < -0.4 is 10.5 Å². The maximum Gasteiger partial charge on any atom is 0.416 e. The molecule has 0 saturated heterocycles. The van der Waals surface area contributed by atoms with Crippen molar-refractivity contribution in [2.24, 2.45) is 5.73 Å². The fourth-order valence-corrected chi connectivity index (χ4v) is 3.74. The van der Waals surface area contributed by atoms with Gasteiger partial charge in [0.25, 0.3) is 0 Å². The van der Waals surface area contributed by atoms with E-state index in [1.54, 1.807) is 6.92 Å². The second-order valence-corrected chi connectivity index (χ2v) is 6.94. The van der Waals surface area contributed by atoms with E-state index in [-0.39, 0.29) is 22.1 Å². The molecule has 21 heavy (non-hydrogen) atoms. The summed E-state index contributed by atoms with van der Waals surface area (Å²) in [5, 5.41) is -1.42. The van der Waals surface area contributed by atoms with Crippen molar-refractivity contribution in [2.45, 2.75) is 24.8 Å². The second-order valence-electron chi connectivity index (χ2n) is 4.17. The molecule has 0 saturated carbocycles. The van der Waals surface area contributed by atoms with Crippen molar-refractivity contribution in [2.75, 3.05) is 4.72 Å². The van der Waals surface area contributed by atoms with Gasteiger partial charge < -0.3 is 5.73 Å². The molecule has 10 heteroatoms. The SMILES string of the molecule is CCC(C(N)=S)S(=O)(=O)Nc1cc(Cl)cc(C(F)(F)F)c1. The van der Waals surface area contributed by atoms with Gasteiger partial charge in [0, 0.05) is 5.02 Å². The molecule has 0 bridgehead atoms. The maximum atomic E-state index is 12.7. The number of sulfonamides is 1. The van der Waals surface area contributed by atoms with E-state index in [0.29, 0.717) is 12.1 Å². The average molecular weight is 361 g/mol. The van der Waals surface area contributed by atoms with E-state index in [0.717, 1.165) is 6.07 Å². The van der Waals surface area contributed by atoms with Gasteiger partial charge in [0.2, 0.25) is 10.0 Å². The lowest BCUT2D eigenvalue weighted by Gasteiger charge is -2.17. The summed E-state index contributed by atoms with van der Waals surface area (Å²) < 4.78 is 64.1. The molecule has 1 atom stereocenters. The third-order valence-electron chi connectivity index (χ3n) is 2.55. The number of thiocarbonyl (C=S) groups is 1. The van der Waals surface area contributed by atoms with E-state index in [4.69, 9.17) is 17.3 Å². The van der Waals surface area contributed by atoms with Crippen LogP contribution in [0, 0.1) is 0 Å². The molecule has 0 spiro atoms. The van der Waals surface area contributed by atoms with Crippen molar-refractivity contribution in [1.82, 2.24) is 0 Å². The first-order valence-corrected chi connectivity index (χ1v) is 7.99. The van der Waals surface area contributed by atoms with Gasteiger partial charge >= 0.3 is 6.18 Å². The van der Waals surface area contributed by atoms with Gasteiger partial charge in [0.05, 0.1) is 16.2 Å². The summed E-state index contributed by atoms with van der Waals surface area (Å²) in [6, 6.07) is 2.42. The zero-order chi connectivity index (χ0) is 16.4. The van der Waals surface area contributed by atoms with Crippen LogP contribution in [-0.4, -0.2) is 18.7 Å². The fourth-order valence-electron chi connectivity index (χ4n) is 1.62.